The number of aliphatic hydroxyl groups excluding tert-OH is 1. The Hall–Kier alpha value is -1.32. The molecule has 0 amide bonds. The van der Waals surface area contributed by atoms with Crippen molar-refractivity contribution in [2.75, 3.05) is 26.2 Å². The van der Waals surface area contributed by atoms with Crippen molar-refractivity contribution < 1.29 is 5.11 Å². The number of hydrogen-bond donors (Lipinski definition) is 1. The van der Waals surface area contributed by atoms with Crippen LogP contribution in [0.15, 0.2) is 24.4 Å². The van der Waals surface area contributed by atoms with Gasteiger partial charge < -0.3 is 14.6 Å². The van der Waals surface area contributed by atoms with Crippen molar-refractivity contribution in [1.29, 1.82) is 0 Å². The smallest absolute Gasteiger partial charge is 0.0610 e. The molecule has 1 aliphatic rings. The van der Waals surface area contributed by atoms with Gasteiger partial charge >= 0.3 is 0 Å². The molecule has 3 nitrogen and oxygen atoms in total. The van der Waals surface area contributed by atoms with E-state index in [0.717, 1.165) is 13.0 Å². The molecule has 3 heteroatoms. The van der Waals surface area contributed by atoms with Crippen LogP contribution in [0.4, 0.5) is 0 Å². The summed E-state index contributed by atoms with van der Waals surface area (Å²) in [5, 5.41) is 10.7. The minimum Gasteiger partial charge on any atom is -0.395 e. The maximum Gasteiger partial charge on any atom is 0.0610 e. The van der Waals surface area contributed by atoms with Crippen LogP contribution in [0.5, 0.6) is 0 Å². The number of fused-ring (bicyclic) bond motifs is 1. The van der Waals surface area contributed by atoms with Crippen LogP contribution in [0.25, 0.3) is 10.9 Å². The third kappa shape index (κ3) is 3.21. The van der Waals surface area contributed by atoms with Crippen molar-refractivity contribution in [3.05, 3.63) is 35.5 Å². The molecule has 0 aliphatic carbocycles. The summed E-state index contributed by atoms with van der Waals surface area (Å²) < 4.78 is 2.21. The SMILES string of the molecule is CC(C)c1ccc2c(c1)c(CCN1CCCC1)cn2CCO. The van der Waals surface area contributed by atoms with Crippen molar-refractivity contribution in [3.63, 3.8) is 0 Å². The highest BCUT2D eigenvalue weighted by atomic mass is 16.3. The van der Waals surface area contributed by atoms with Crippen LogP contribution in [-0.4, -0.2) is 40.8 Å². The maximum atomic E-state index is 9.30. The summed E-state index contributed by atoms with van der Waals surface area (Å²) >= 11 is 0. The van der Waals surface area contributed by atoms with Crippen molar-refractivity contribution >= 4 is 10.9 Å². The summed E-state index contributed by atoms with van der Waals surface area (Å²) in [7, 11) is 0. The summed E-state index contributed by atoms with van der Waals surface area (Å²) in [4.78, 5) is 2.57. The Labute approximate surface area is 133 Å². The van der Waals surface area contributed by atoms with E-state index >= 15 is 0 Å². The van der Waals surface area contributed by atoms with Gasteiger partial charge in [0, 0.05) is 30.2 Å². The molecule has 1 aromatic heterocycles. The quantitative estimate of drug-likeness (QED) is 0.885. The van der Waals surface area contributed by atoms with Gasteiger partial charge in [-0.1, -0.05) is 19.9 Å². The van der Waals surface area contributed by atoms with Crippen LogP contribution in [0.2, 0.25) is 0 Å². The molecule has 120 valence electrons. The molecule has 1 fully saturated rings. The lowest BCUT2D eigenvalue weighted by atomic mass is 10.00. The molecule has 0 unspecified atom stereocenters. The minimum absolute atomic E-state index is 0.196. The highest BCUT2D eigenvalue weighted by molar-refractivity contribution is 5.85. The van der Waals surface area contributed by atoms with E-state index in [9.17, 15) is 5.11 Å². The van der Waals surface area contributed by atoms with Crippen molar-refractivity contribution in [2.24, 2.45) is 0 Å². The molecule has 1 saturated heterocycles. The molecule has 0 bridgehead atoms. The van der Waals surface area contributed by atoms with Gasteiger partial charge in [-0.15, -0.1) is 0 Å². The van der Waals surface area contributed by atoms with Gasteiger partial charge in [0.1, 0.15) is 0 Å². The zero-order chi connectivity index (χ0) is 15.5. The van der Waals surface area contributed by atoms with E-state index in [4.69, 9.17) is 0 Å². The Morgan fingerprint density at radius 1 is 1.14 bits per heavy atom. The lowest BCUT2D eigenvalue weighted by molar-refractivity contribution is 0.278. The summed E-state index contributed by atoms with van der Waals surface area (Å²) in [6.07, 6.45) is 6.06. The van der Waals surface area contributed by atoms with Crippen molar-refractivity contribution in [2.45, 2.75) is 45.6 Å². The third-order valence-electron chi connectivity index (χ3n) is 4.89. The number of likely N-dealkylation sites (tertiary alicyclic amines) is 1. The van der Waals surface area contributed by atoms with Gasteiger partial charge in [0.25, 0.3) is 0 Å². The number of nitrogens with zero attached hydrogens (tertiary/aromatic N) is 2. The summed E-state index contributed by atoms with van der Waals surface area (Å²) in [6, 6.07) is 6.80. The fraction of sp³-hybridized carbons (Fsp3) is 0.579. The molecule has 2 heterocycles. The molecule has 2 aromatic rings. The van der Waals surface area contributed by atoms with Gasteiger partial charge in [0.2, 0.25) is 0 Å². The highest BCUT2D eigenvalue weighted by Crippen LogP contribution is 2.27. The van der Waals surface area contributed by atoms with E-state index < -0.39 is 0 Å². The Kier molecular flexibility index (Phi) is 4.84. The predicted octanol–water partition coefficient (Wildman–Crippen LogP) is 3.40. The van der Waals surface area contributed by atoms with E-state index in [2.05, 4.69) is 47.7 Å². The highest BCUT2D eigenvalue weighted by Gasteiger charge is 2.14. The summed E-state index contributed by atoms with van der Waals surface area (Å²) in [6.45, 7) is 9.04. The van der Waals surface area contributed by atoms with Crippen molar-refractivity contribution in [1.82, 2.24) is 9.47 Å². The largest absolute Gasteiger partial charge is 0.395 e. The third-order valence-corrected chi connectivity index (χ3v) is 4.89. The molecule has 0 saturated carbocycles. The van der Waals surface area contributed by atoms with Crippen LogP contribution >= 0.6 is 0 Å². The van der Waals surface area contributed by atoms with E-state index in [0.29, 0.717) is 12.5 Å². The number of hydrogen-bond acceptors (Lipinski definition) is 2. The number of aromatic nitrogens is 1. The molecule has 22 heavy (non-hydrogen) atoms. The second-order valence-electron chi connectivity index (χ2n) is 6.80. The van der Waals surface area contributed by atoms with Crippen LogP contribution < -0.4 is 0 Å². The molecule has 0 atom stereocenters. The molecule has 0 radical (unpaired) electrons. The van der Waals surface area contributed by atoms with Crippen LogP contribution in [0.1, 0.15) is 43.7 Å². The molecule has 1 aromatic carbocycles. The van der Waals surface area contributed by atoms with Crippen LogP contribution in [-0.2, 0) is 13.0 Å². The Morgan fingerprint density at radius 2 is 1.91 bits per heavy atom. The second kappa shape index (κ2) is 6.84. The predicted molar refractivity (Wildman–Crippen MR) is 92.5 cm³/mol. The first kappa shape index (κ1) is 15.6. The monoisotopic (exact) mass is 300 g/mol. The van der Waals surface area contributed by atoms with E-state index in [1.807, 2.05) is 0 Å². The van der Waals surface area contributed by atoms with Crippen molar-refractivity contribution in [3.8, 4) is 0 Å². The standard InChI is InChI=1S/C19H28N2O/c1-15(2)16-5-6-19-18(13-16)17(14-21(19)11-12-22)7-10-20-8-3-4-9-20/h5-6,13-15,22H,3-4,7-12H2,1-2H3. The van der Waals surface area contributed by atoms with E-state index in [1.54, 1.807) is 0 Å². The van der Waals surface area contributed by atoms with Gasteiger partial charge in [-0.3, -0.25) is 0 Å². The molecular formula is C19H28N2O. The Balaban J connectivity index is 1.89. The summed E-state index contributed by atoms with van der Waals surface area (Å²) in [5.74, 6) is 0.553. The zero-order valence-electron chi connectivity index (χ0n) is 13.9. The average Bonchev–Trinajstić information content (AvgIpc) is 3.13. The van der Waals surface area contributed by atoms with E-state index in [1.165, 1.54) is 48.0 Å². The molecule has 1 N–H and O–H groups in total. The number of benzene rings is 1. The number of rotatable bonds is 6. The molecule has 1 aliphatic heterocycles. The van der Waals surface area contributed by atoms with Crippen LogP contribution in [0, 0.1) is 0 Å². The maximum absolute atomic E-state index is 9.30. The molecule has 0 spiro atoms. The zero-order valence-corrected chi connectivity index (χ0v) is 13.9. The van der Waals surface area contributed by atoms with Crippen LogP contribution in [0.3, 0.4) is 0 Å². The lowest BCUT2D eigenvalue weighted by Gasteiger charge is -2.13. The average molecular weight is 300 g/mol. The molecule has 3 rings (SSSR count). The van der Waals surface area contributed by atoms with Gasteiger partial charge in [0.05, 0.1) is 6.61 Å². The fourth-order valence-corrected chi connectivity index (χ4v) is 3.52. The first-order valence-electron chi connectivity index (χ1n) is 8.64. The van der Waals surface area contributed by atoms with Gasteiger partial charge in [-0.25, -0.2) is 0 Å². The summed E-state index contributed by atoms with van der Waals surface area (Å²) in [5.41, 5.74) is 4.09. The second-order valence-corrected chi connectivity index (χ2v) is 6.80. The molecular weight excluding hydrogens is 272 g/mol. The Bertz CT molecular complexity index is 624. The van der Waals surface area contributed by atoms with Gasteiger partial charge in [-0.05, 0) is 61.5 Å². The fourth-order valence-electron chi connectivity index (χ4n) is 3.52. The minimum atomic E-state index is 0.196. The van der Waals surface area contributed by atoms with Gasteiger partial charge in [-0.2, -0.15) is 0 Å². The van der Waals surface area contributed by atoms with Gasteiger partial charge in [0.15, 0.2) is 0 Å². The topological polar surface area (TPSA) is 28.4 Å². The number of aliphatic hydroxyl groups is 1. The lowest BCUT2D eigenvalue weighted by Crippen LogP contribution is -2.21. The normalized spacial score (nSPS) is 16.2. The van der Waals surface area contributed by atoms with E-state index in [-0.39, 0.29) is 6.61 Å². The Morgan fingerprint density at radius 3 is 2.59 bits per heavy atom. The first-order chi connectivity index (χ1) is 10.7. The first-order valence-corrected chi connectivity index (χ1v) is 8.64.